The zero-order chi connectivity index (χ0) is 17.8. The van der Waals surface area contributed by atoms with E-state index in [1.165, 1.54) is 0 Å². The lowest BCUT2D eigenvalue weighted by atomic mass is 9.75. The Bertz CT molecular complexity index is 317. The maximum Gasteiger partial charge on any atom is 0.323 e. The highest BCUT2D eigenvalue weighted by Crippen LogP contribution is 2.38. The van der Waals surface area contributed by atoms with Crippen molar-refractivity contribution in [3.05, 3.63) is 0 Å². The van der Waals surface area contributed by atoms with Crippen LogP contribution in [-0.2, 0) is 18.2 Å². The largest absolute Gasteiger partial charge is 0.394 e. The molecule has 0 aliphatic rings. The molecular formula is C12H30O8P2. The smallest absolute Gasteiger partial charge is 0.323 e. The molecule has 2 atom stereocenters. The number of hydrogen-bond acceptors (Lipinski definition) is 6. The zero-order valence-corrected chi connectivity index (χ0v) is 15.7. The monoisotopic (exact) mass is 364 g/mol. The Labute approximate surface area is 133 Å². The molecule has 10 heteroatoms. The van der Waals surface area contributed by atoms with Gasteiger partial charge in [-0.15, -0.1) is 0 Å². The minimum absolute atomic E-state index is 0.00522. The van der Waals surface area contributed by atoms with Gasteiger partial charge < -0.3 is 24.7 Å². The molecule has 0 rings (SSSR count). The molecular weight excluding hydrogens is 334 g/mol. The van der Waals surface area contributed by atoms with E-state index >= 15 is 0 Å². The Morgan fingerprint density at radius 2 is 1.32 bits per heavy atom. The van der Waals surface area contributed by atoms with Crippen molar-refractivity contribution >= 4 is 16.5 Å². The molecule has 0 aliphatic heterocycles. The van der Waals surface area contributed by atoms with E-state index in [0.717, 1.165) is 12.8 Å². The summed E-state index contributed by atoms with van der Waals surface area (Å²) in [5.41, 5.74) is -1.30. The minimum atomic E-state index is -3.20. The maximum absolute atomic E-state index is 10.6. The SMILES string of the molecule is CCC(O)(CC)C(CC)(CC)OCCO.O=[PH](O)O[PH](=O)O. The van der Waals surface area contributed by atoms with E-state index < -0.39 is 27.7 Å². The Balaban J connectivity index is 0. The Hall–Kier alpha value is 0.220. The fourth-order valence-corrected chi connectivity index (χ4v) is 3.05. The highest BCUT2D eigenvalue weighted by Gasteiger charge is 2.46. The predicted octanol–water partition coefficient (Wildman–Crippen LogP) is 1.87. The Morgan fingerprint density at radius 1 is 0.909 bits per heavy atom. The fourth-order valence-electron chi connectivity index (χ4n) is 2.46. The summed E-state index contributed by atoms with van der Waals surface area (Å²) in [5, 5.41) is 19.4. The van der Waals surface area contributed by atoms with Gasteiger partial charge in [0.2, 0.25) is 0 Å². The van der Waals surface area contributed by atoms with E-state index in [-0.39, 0.29) is 6.61 Å². The summed E-state index contributed by atoms with van der Waals surface area (Å²) in [4.78, 5) is 15.4. The summed E-state index contributed by atoms with van der Waals surface area (Å²) in [6.07, 6.45) is 2.89. The van der Waals surface area contributed by atoms with Crippen LogP contribution in [0.25, 0.3) is 0 Å². The number of rotatable bonds is 10. The summed E-state index contributed by atoms with van der Waals surface area (Å²) in [5.74, 6) is 0. The predicted molar refractivity (Wildman–Crippen MR) is 85.4 cm³/mol. The van der Waals surface area contributed by atoms with Gasteiger partial charge in [0.15, 0.2) is 0 Å². The summed E-state index contributed by atoms with van der Waals surface area (Å²) >= 11 is 0. The second-order valence-electron chi connectivity index (χ2n) is 4.65. The fraction of sp³-hybridized carbons (Fsp3) is 1.00. The van der Waals surface area contributed by atoms with E-state index in [1.807, 2.05) is 27.7 Å². The van der Waals surface area contributed by atoms with Crippen molar-refractivity contribution in [3.8, 4) is 0 Å². The van der Waals surface area contributed by atoms with Crippen LogP contribution in [0.5, 0.6) is 0 Å². The summed E-state index contributed by atoms with van der Waals surface area (Å²) in [6, 6.07) is 0. The van der Waals surface area contributed by atoms with Crippen LogP contribution in [0.4, 0.5) is 0 Å². The molecule has 0 fully saturated rings. The van der Waals surface area contributed by atoms with Crippen molar-refractivity contribution in [2.24, 2.45) is 0 Å². The first kappa shape index (κ1) is 24.5. The minimum Gasteiger partial charge on any atom is -0.394 e. The van der Waals surface area contributed by atoms with Gasteiger partial charge in [0, 0.05) is 0 Å². The van der Waals surface area contributed by atoms with Crippen LogP contribution in [0.15, 0.2) is 0 Å². The topological polar surface area (TPSA) is 134 Å². The molecule has 0 aromatic rings. The van der Waals surface area contributed by atoms with Crippen molar-refractivity contribution in [3.63, 3.8) is 0 Å². The molecule has 0 amide bonds. The van der Waals surface area contributed by atoms with Gasteiger partial charge in [0.05, 0.1) is 24.4 Å². The third-order valence-corrected chi connectivity index (χ3v) is 5.20. The molecule has 0 bridgehead atoms. The Morgan fingerprint density at radius 3 is 1.50 bits per heavy atom. The molecule has 2 unspecified atom stereocenters. The maximum atomic E-state index is 10.6. The standard InChI is InChI=1S/C12H26O3.H4O5P2/c1-5-11(14,6-2)12(7-3,8-4)15-10-9-13;1-6(2)5-7(3)4/h13-14H,5-10H2,1-4H3;6-7H,(H,1,2)(H,3,4). The van der Waals surface area contributed by atoms with Gasteiger partial charge in [-0.25, -0.2) is 4.31 Å². The first-order valence-electron chi connectivity index (χ1n) is 7.29. The van der Waals surface area contributed by atoms with Gasteiger partial charge in [-0.2, -0.15) is 0 Å². The molecule has 0 saturated carbocycles. The first-order chi connectivity index (χ1) is 10.2. The van der Waals surface area contributed by atoms with Crippen molar-refractivity contribution < 1.29 is 38.2 Å². The van der Waals surface area contributed by atoms with Gasteiger partial charge >= 0.3 is 16.5 Å². The number of aliphatic hydroxyl groups excluding tert-OH is 1. The van der Waals surface area contributed by atoms with E-state index in [0.29, 0.717) is 19.4 Å². The third kappa shape index (κ3) is 8.18. The average molecular weight is 364 g/mol. The van der Waals surface area contributed by atoms with Crippen LogP contribution in [0.1, 0.15) is 53.4 Å². The van der Waals surface area contributed by atoms with Crippen molar-refractivity contribution in [1.82, 2.24) is 0 Å². The molecule has 0 aliphatic carbocycles. The van der Waals surface area contributed by atoms with Gasteiger partial charge in [0.25, 0.3) is 0 Å². The van der Waals surface area contributed by atoms with Crippen molar-refractivity contribution in [2.45, 2.75) is 64.6 Å². The van der Waals surface area contributed by atoms with E-state index in [4.69, 9.17) is 19.6 Å². The van der Waals surface area contributed by atoms with Crippen LogP contribution in [0.3, 0.4) is 0 Å². The lowest BCUT2D eigenvalue weighted by Crippen LogP contribution is -2.55. The van der Waals surface area contributed by atoms with Crippen LogP contribution < -0.4 is 0 Å². The molecule has 0 radical (unpaired) electrons. The normalized spacial score (nSPS) is 14.9. The molecule has 22 heavy (non-hydrogen) atoms. The number of hydrogen-bond donors (Lipinski definition) is 4. The van der Waals surface area contributed by atoms with E-state index in [1.54, 1.807) is 0 Å². The molecule has 0 heterocycles. The zero-order valence-electron chi connectivity index (χ0n) is 13.7. The van der Waals surface area contributed by atoms with Crippen LogP contribution in [0.2, 0.25) is 0 Å². The molecule has 0 saturated heterocycles. The van der Waals surface area contributed by atoms with Crippen molar-refractivity contribution in [2.75, 3.05) is 13.2 Å². The van der Waals surface area contributed by atoms with Crippen LogP contribution in [0, 0.1) is 0 Å². The highest BCUT2D eigenvalue weighted by molar-refractivity contribution is 7.46. The van der Waals surface area contributed by atoms with Gasteiger partial charge in [0.1, 0.15) is 0 Å². The highest BCUT2D eigenvalue weighted by atomic mass is 31.2. The molecule has 0 aromatic carbocycles. The second kappa shape index (κ2) is 12.6. The van der Waals surface area contributed by atoms with Gasteiger partial charge in [-0.3, -0.25) is 9.13 Å². The lowest BCUT2D eigenvalue weighted by molar-refractivity contribution is -0.195. The molecule has 136 valence electrons. The molecule has 0 aromatic heterocycles. The number of aliphatic hydroxyl groups is 2. The van der Waals surface area contributed by atoms with Gasteiger partial charge in [-0.1, -0.05) is 27.7 Å². The average Bonchev–Trinajstić information content (AvgIpc) is 2.47. The van der Waals surface area contributed by atoms with Crippen molar-refractivity contribution in [1.29, 1.82) is 0 Å². The summed E-state index contributed by atoms with van der Waals surface area (Å²) < 4.78 is 28.1. The third-order valence-electron chi connectivity index (χ3n) is 3.80. The molecule has 4 N–H and O–H groups in total. The second-order valence-corrected chi connectivity index (χ2v) is 6.53. The summed E-state index contributed by atoms with van der Waals surface area (Å²) in [7, 11) is -6.40. The van der Waals surface area contributed by atoms with E-state index in [2.05, 4.69) is 4.31 Å². The quantitative estimate of drug-likeness (QED) is 0.432. The van der Waals surface area contributed by atoms with Crippen LogP contribution >= 0.6 is 16.5 Å². The first-order valence-corrected chi connectivity index (χ1v) is 9.82. The lowest BCUT2D eigenvalue weighted by Gasteiger charge is -2.45. The Kier molecular flexibility index (Phi) is 14.0. The summed E-state index contributed by atoms with van der Waals surface area (Å²) in [6.45, 7) is 8.31. The number of ether oxygens (including phenoxy) is 1. The van der Waals surface area contributed by atoms with E-state index in [9.17, 15) is 14.2 Å². The molecule has 8 nitrogen and oxygen atoms in total. The van der Waals surface area contributed by atoms with Crippen LogP contribution in [-0.4, -0.2) is 44.4 Å². The molecule has 0 spiro atoms. The van der Waals surface area contributed by atoms with Gasteiger partial charge in [-0.05, 0) is 25.7 Å².